The van der Waals surface area contributed by atoms with Crippen LogP contribution in [0.1, 0.15) is 18.5 Å². The van der Waals surface area contributed by atoms with E-state index in [9.17, 15) is 26.4 Å². The summed E-state index contributed by atoms with van der Waals surface area (Å²) in [6.45, 7) is 1.20. The second kappa shape index (κ2) is 12.8. The van der Waals surface area contributed by atoms with E-state index in [1.807, 2.05) is 19.0 Å². The Labute approximate surface area is 252 Å². The first-order chi connectivity index (χ1) is 20.6. The third-order valence-electron chi connectivity index (χ3n) is 6.85. The number of sulfonamides is 1. The van der Waals surface area contributed by atoms with Crippen molar-refractivity contribution in [2.24, 2.45) is 21.1 Å². The Bertz CT molecular complexity index is 1810. The third kappa shape index (κ3) is 7.66. The zero-order valence-electron chi connectivity index (χ0n) is 25.2. The molecule has 0 spiro atoms. The predicted molar refractivity (Wildman–Crippen MR) is 158 cm³/mol. The van der Waals surface area contributed by atoms with Gasteiger partial charge in [-0.05, 0) is 46.5 Å². The zero-order chi connectivity index (χ0) is 32.4. The quantitative estimate of drug-likeness (QED) is 0.216. The molecule has 1 N–H and O–H groups in total. The number of aryl methyl sites for hydroxylation is 3. The van der Waals surface area contributed by atoms with E-state index in [1.54, 1.807) is 28.1 Å². The Hall–Kier alpha value is -4.18. The smallest absolute Gasteiger partial charge is 0.422 e. The lowest BCUT2D eigenvalue weighted by molar-refractivity contribution is -0.153. The fraction of sp³-hybridized carbons (Fsp3) is 0.429. The summed E-state index contributed by atoms with van der Waals surface area (Å²) >= 11 is 0. The van der Waals surface area contributed by atoms with Gasteiger partial charge in [-0.25, -0.2) is 13.2 Å². The number of fused-ring (bicyclic) bond motifs is 1. The number of hydrogen-bond acceptors (Lipinski definition) is 8. The normalized spacial score (nSPS) is 12.2. The summed E-state index contributed by atoms with van der Waals surface area (Å²) in [6.07, 6.45) is -1.83. The van der Waals surface area contributed by atoms with Crippen LogP contribution in [-0.2, 0) is 31.2 Å². The summed E-state index contributed by atoms with van der Waals surface area (Å²) < 4.78 is 89.1. The van der Waals surface area contributed by atoms with Crippen LogP contribution in [0.5, 0.6) is 23.0 Å². The highest BCUT2D eigenvalue weighted by atomic mass is 32.2. The van der Waals surface area contributed by atoms with Gasteiger partial charge in [0.25, 0.3) is 10.0 Å². The number of anilines is 1. The molecule has 240 valence electrons. The summed E-state index contributed by atoms with van der Waals surface area (Å²) in [7, 11) is 4.41. The largest absolute Gasteiger partial charge is 0.493 e. The Morgan fingerprint density at radius 1 is 0.932 bits per heavy atom. The third-order valence-corrected chi connectivity index (χ3v) is 8.32. The first-order valence-corrected chi connectivity index (χ1v) is 15.0. The molecule has 0 fully saturated rings. The summed E-state index contributed by atoms with van der Waals surface area (Å²) in [5.74, 6) is 0.0372. The van der Waals surface area contributed by atoms with Gasteiger partial charge >= 0.3 is 11.9 Å². The van der Waals surface area contributed by atoms with Crippen molar-refractivity contribution in [2.45, 2.75) is 30.8 Å². The Kier molecular flexibility index (Phi) is 9.53. The van der Waals surface area contributed by atoms with Crippen LogP contribution in [0.3, 0.4) is 0 Å². The highest BCUT2D eigenvalue weighted by Crippen LogP contribution is 2.38. The number of imidazole rings is 1. The number of nitrogens with one attached hydrogen (secondary N) is 1. The second-order valence-electron chi connectivity index (χ2n) is 10.6. The molecule has 0 atom stereocenters. The van der Waals surface area contributed by atoms with Crippen LogP contribution in [0.15, 0.2) is 46.2 Å². The highest BCUT2D eigenvalue weighted by Gasteiger charge is 2.29. The second-order valence-corrected chi connectivity index (χ2v) is 12.2. The van der Waals surface area contributed by atoms with Crippen LogP contribution >= 0.6 is 0 Å². The molecule has 4 aromatic rings. The average Bonchev–Trinajstić information content (AvgIpc) is 3.38. The van der Waals surface area contributed by atoms with Gasteiger partial charge in [0.1, 0.15) is 22.1 Å². The van der Waals surface area contributed by atoms with Crippen molar-refractivity contribution in [1.82, 2.24) is 23.8 Å². The molecule has 0 bridgehead atoms. The van der Waals surface area contributed by atoms with E-state index in [4.69, 9.17) is 14.2 Å². The number of unbranched alkanes of at least 4 members (excludes halogenated alkanes) is 1. The minimum absolute atomic E-state index is 0.0188. The predicted octanol–water partition coefficient (Wildman–Crippen LogP) is 4.17. The summed E-state index contributed by atoms with van der Waals surface area (Å²) in [5, 5.41) is 4.00. The van der Waals surface area contributed by atoms with Gasteiger partial charge in [0.2, 0.25) is 0 Å². The summed E-state index contributed by atoms with van der Waals surface area (Å²) in [5.41, 5.74) is 0.843. The van der Waals surface area contributed by atoms with Crippen molar-refractivity contribution in [1.29, 1.82) is 0 Å². The molecule has 0 aliphatic rings. The van der Waals surface area contributed by atoms with E-state index < -0.39 is 22.8 Å². The van der Waals surface area contributed by atoms with Crippen molar-refractivity contribution in [2.75, 3.05) is 38.6 Å². The van der Waals surface area contributed by atoms with E-state index in [0.717, 1.165) is 13.0 Å². The molecule has 0 saturated carbocycles. The van der Waals surface area contributed by atoms with Gasteiger partial charge < -0.3 is 19.1 Å². The van der Waals surface area contributed by atoms with Gasteiger partial charge in [-0.15, -0.1) is 0 Å². The molecular weight excluding hydrogens is 605 g/mol. The van der Waals surface area contributed by atoms with Crippen LogP contribution in [-0.4, -0.2) is 72.3 Å². The van der Waals surface area contributed by atoms with Crippen LogP contribution < -0.4 is 24.6 Å². The average molecular weight is 641 g/mol. The molecule has 2 aromatic carbocycles. The van der Waals surface area contributed by atoms with Gasteiger partial charge in [-0.1, -0.05) is 0 Å². The van der Waals surface area contributed by atoms with Crippen LogP contribution in [0.25, 0.3) is 11.0 Å². The number of alkyl halides is 3. The monoisotopic (exact) mass is 640 g/mol. The minimum Gasteiger partial charge on any atom is -0.493 e. The van der Waals surface area contributed by atoms with Crippen LogP contribution in [0.4, 0.5) is 18.9 Å². The number of nitrogens with zero attached hydrogens (tertiary/aromatic N) is 5. The lowest BCUT2D eigenvalue weighted by atomic mass is 10.2. The lowest BCUT2D eigenvalue weighted by Gasteiger charge is -2.17. The van der Waals surface area contributed by atoms with E-state index in [-0.39, 0.29) is 39.3 Å². The molecule has 16 heteroatoms. The van der Waals surface area contributed by atoms with Crippen molar-refractivity contribution < 1.29 is 35.8 Å². The Morgan fingerprint density at radius 3 is 2.14 bits per heavy atom. The van der Waals surface area contributed by atoms with Gasteiger partial charge in [0.05, 0.1) is 35.2 Å². The molecule has 0 unspecified atom stereocenters. The molecular formula is C28H35F3N6O6S. The summed E-state index contributed by atoms with van der Waals surface area (Å²) in [4.78, 5) is 14.6. The molecule has 4 rings (SSSR count). The van der Waals surface area contributed by atoms with Gasteiger partial charge in [0, 0.05) is 45.4 Å². The molecule has 2 heterocycles. The number of ether oxygens (including phenoxy) is 3. The van der Waals surface area contributed by atoms with Crippen molar-refractivity contribution in [3.63, 3.8) is 0 Å². The number of benzene rings is 2. The fourth-order valence-electron chi connectivity index (χ4n) is 4.42. The van der Waals surface area contributed by atoms with Crippen molar-refractivity contribution in [3.8, 4) is 23.0 Å². The number of hydrogen-bond donors (Lipinski definition) is 1. The number of rotatable bonds is 13. The van der Waals surface area contributed by atoms with E-state index in [2.05, 4.69) is 9.82 Å². The topological polar surface area (TPSA) is 122 Å². The molecule has 0 aliphatic heterocycles. The zero-order valence-corrected chi connectivity index (χ0v) is 26.0. The standard InChI is InChI=1S/C28H35F3N6O6S/c1-18-26(16-32-37(18)6)44(39,40)33-22-14-23-24(36(5)27(38)35(23)4)15-25(22)43-21-12-19(41-10-8-7-9-34(2)3)11-20(13-21)42-17-28(29,30)31/h11-16,33H,7-10,17H2,1-6H3. The SMILES string of the molecule is Cc1c(S(=O)(=O)Nc2cc3c(cc2Oc2cc(OCCCCN(C)C)cc(OCC(F)(F)F)c2)n(C)c(=O)n3C)cnn1C. The molecule has 44 heavy (non-hydrogen) atoms. The van der Waals surface area contributed by atoms with Gasteiger partial charge in [-0.3, -0.25) is 18.5 Å². The maximum absolute atomic E-state index is 13.4. The lowest BCUT2D eigenvalue weighted by Crippen LogP contribution is -2.19. The van der Waals surface area contributed by atoms with Crippen LogP contribution in [0, 0.1) is 6.92 Å². The summed E-state index contributed by atoms with van der Waals surface area (Å²) in [6, 6.07) is 6.94. The minimum atomic E-state index is -4.58. The fourth-order valence-corrected chi connectivity index (χ4v) is 5.68. The molecule has 0 amide bonds. The molecule has 2 aromatic heterocycles. The first-order valence-electron chi connectivity index (χ1n) is 13.6. The molecule has 0 radical (unpaired) electrons. The number of aromatic nitrogens is 4. The first kappa shape index (κ1) is 32.7. The maximum Gasteiger partial charge on any atom is 0.422 e. The van der Waals surface area contributed by atoms with Crippen LogP contribution in [0.2, 0.25) is 0 Å². The Balaban J connectivity index is 1.74. The van der Waals surface area contributed by atoms with Crippen molar-refractivity contribution >= 4 is 26.7 Å². The molecule has 12 nitrogen and oxygen atoms in total. The highest BCUT2D eigenvalue weighted by molar-refractivity contribution is 7.92. The number of halogens is 3. The van der Waals surface area contributed by atoms with Crippen molar-refractivity contribution in [3.05, 3.63) is 52.7 Å². The van der Waals surface area contributed by atoms with Gasteiger partial charge in [0.15, 0.2) is 12.4 Å². The molecule has 0 aliphatic carbocycles. The van der Waals surface area contributed by atoms with E-state index in [1.165, 1.54) is 50.3 Å². The maximum atomic E-state index is 13.4. The van der Waals surface area contributed by atoms with Gasteiger partial charge in [-0.2, -0.15) is 18.3 Å². The van der Waals surface area contributed by atoms with E-state index in [0.29, 0.717) is 29.8 Å². The Morgan fingerprint density at radius 2 is 1.55 bits per heavy atom. The molecule has 0 saturated heterocycles. The van der Waals surface area contributed by atoms with E-state index >= 15 is 0 Å².